The third-order valence-electron chi connectivity index (χ3n) is 3.48. The molecule has 0 bridgehead atoms. The summed E-state index contributed by atoms with van der Waals surface area (Å²) in [7, 11) is 0. The zero-order chi connectivity index (χ0) is 14.7. The maximum atomic E-state index is 12.2. The zero-order valence-corrected chi connectivity index (χ0v) is 11.6. The van der Waals surface area contributed by atoms with E-state index in [4.69, 9.17) is 10.5 Å². The number of nitrogens with one attached hydrogen (secondary N) is 1. The molecule has 0 radical (unpaired) electrons. The van der Waals surface area contributed by atoms with E-state index in [1.54, 1.807) is 18.3 Å². The van der Waals surface area contributed by atoms with E-state index in [0.29, 0.717) is 18.0 Å². The standard InChI is InChI=1S/C16H17N3O2/c17-11-5-6-12(18-10-11)9-16(20)19-14-7-8-21-15-4-2-1-3-13(14)15/h1-6,10,14H,7-9,17H2,(H,19,20). The number of ether oxygens (including phenoxy) is 1. The fourth-order valence-corrected chi connectivity index (χ4v) is 2.44. The average Bonchev–Trinajstić information content (AvgIpc) is 2.50. The molecule has 0 spiro atoms. The second kappa shape index (κ2) is 5.83. The highest BCUT2D eigenvalue weighted by molar-refractivity contribution is 5.78. The molecule has 1 amide bonds. The largest absolute Gasteiger partial charge is 0.493 e. The Kier molecular flexibility index (Phi) is 3.73. The van der Waals surface area contributed by atoms with E-state index in [1.165, 1.54) is 0 Å². The number of carbonyl (C=O) groups is 1. The van der Waals surface area contributed by atoms with Crippen molar-refractivity contribution in [2.45, 2.75) is 18.9 Å². The predicted octanol–water partition coefficient (Wildman–Crippen LogP) is 1.85. The smallest absolute Gasteiger partial charge is 0.226 e. The molecule has 2 heterocycles. The van der Waals surface area contributed by atoms with Gasteiger partial charge in [0.2, 0.25) is 5.91 Å². The van der Waals surface area contributed by atoms with Crippen molar-refractivity contribution in [2.75, 3.05) is 12.3 Å². The van der Waals surface area contributed by atoms with Gasteiger partial charge in [-0.05, 0) is 18.2 Å². The molecule has 3 N–H and O–H groups in total. The third-order valence-corrected chi connectivity index (χ3v) is 3.48. The van der Waals surface area contributed by atoms with E-state index < -0.39 is 0 Å². The first-order chi connectivity index (χ1) is 10.2. The Morgan fingerprint density at radius 2 is 2.19 bits per heavy atom. The van der Waals surface area contributed by atoms with Gasteiger partial charge in [-0.1, -0.05) is 18.2 Å². The average molecular weight is 283 g/mol. The number of aromatic nitrogens is 1. The topological polar surface area (TPSA) is 77.2 Å². The number of benzene rings is 1. The molecular formula is C16H17N3O2. The lowest BCUT2D eigenvalue weighted by molar-refractivity contribution is -0.121. The van der Waals surface area contributed by atoms with Crippen molar-refractivity contribution >= 4 is 11.6 Å². The molecule has 0 aliphatic carbocycles. The van der Waals surface area contributed by atoms with Gasteiger partial charge in [0.25, 0.3) is 0 Å². The van der Waals surface area contributed by atoms with Gasteiger partial charge in [-0.2, -0.15) is 0 Å². The summed E-state index contributed by atoms with van der Waals surface area (Å²) in [5.41, 5.74) is 7.92. The van der Waals surface area contributed by atoms with Crippen LogP contribution in [0.15, 0.2) is 42.6 Å². The van der Waals surface area contributed by atoms with Crippen LogP contribution in [0.1, 0.15) is 23.7 Å². The Bertz CT molecular complexity index is 640. The molecule has 1 aliphatic heterocycles. The number of carbonyl (C=O) groups excluding carboxylic acids is 1. The summed E-state index contributed by atoms with van der Waals surface area (Å²) < 4.78 is 5.59. The molecule has 3 rings (SSSR count). The minimum Gasteiger partial charge on any atom is -0.493 e. The lowest BCUT2D eigenvalue weighted by atomic mass is 10.0. The lowest BCUT2D eigenvalue weighted by Crippen LogP contribution is -2.33. The van der Waals surface area contributed by atoms with Gasteiger partial charge >= 0.3 is 0 Å². The number of nitrogens with zero attached hydrogens (tertiary/aromatic N) is 1. The van der Waals surface area contributed by atoms with Crippen LogP contribution in [0.4, 0.5) is 5.69 Å². The van der Waals surface area contributed by atoms with Gasteiger partial charge in [-0.25, -0.2) is 0 Å². The number of pyridine rings is 1. The Balaban J connectivity index is 1.67. The van der Waals surface area contributed by atoms with Crippen LogP contribution in [0.5, 0.6) is 5.75 Å². The minimum atomic E-state index is -0.0472. The van der Waals surface area contributed by atoms with Crippen LogP contribution in [0.25, 0.3) is 0 Å². The predicted molar refractivity (Wildman–Crippen MR) is 79.8 cm³/mol. The van der Waals surface area contributed by atoms with E-state index >= 15 is 0 Å². The number of amides is 1. The summed E-state index contributed by atoms with van der Waals surface area (Å²) in [5.74, 6) is 0.800. The first-order valence-corrected chi connectivity index (χ1v) is 6.94. The number of hydrogen-bond acceptors (Lipinski definition) is 4. The summed E-state index contributed by atoms with van der Waals surface area (Å²) in [5, 5.41) is 3.05. The molecule has 2 aromatic rings. The number of nitrogen functional groups attached to an aromatic ring is 1. The monoisotopic (exact) mass is 283 g/mol. The molecular weight excluding hydrogens is 266 g/mol. The van der Waals surface area contributed by atoms with E-state index in [9.17, 15) is 4.79 Å². The third kappa shape index (κ3) is 3.13. The fraction of sp³-hybridized carbons (Fsp3) is 0.250. The normalized spacial score (nSPS) is 16.7. The minimum absolute atomic E-state index is 0.00349. The fourth-order valence-electron chi connectivity index (χ4n) is 2.44. The van der Waals surface area contributed by atoms with E-state index in [0.717, 1.165) is 17.7 Å². The molecule has 21 heavy (non-hydrogen) atoms. The van der Waals surface area contributed by atoms with Crippen molar-refractivity contribution in [1.29, 1.82) is 0 Å². The quantitative estimate of drug-likeness (QED) is 0.901. The number of rotatable bonds is 3. The molecule has 1 aromatic heterocycles. The van der Waals surface area contributed by atoms with Crippen molar-refractivity contribution in [3.63, 3.8) is 0 Å². The second-order valence-electron chi connectivity index (χ2n) is 5.05. The Morgan fingerprint density at radius 3 is 3.00 bits per heavy atom. The number of para-hydroxylation sites is 1. The molecule has 0 saturated carbocycles. The van der Waals surface area contributed by atoms with Crippen LogP contribution in [0.2, 0.25) is 0 Å². The van der Waals surface area contributed by atoms with Crippen molar-refractivity contribution in [2.24, 2.45) is 0 Å². The van der Waals surface area contributed by atoms with Crippen LogP contribution in [-0.2, 0) is 11.2 Å². The first-order valence-electron chi connectivity index (χ1n) is 6.94. The molecule has 5 heteroatoms. The Hall–Kier alpha value is -2.56. The first kappa shape index (κ1) is 13.4. The van der Waals surface area contributed by atoms with Crippen molar-refractivity contribution < 1.29 is 9.53 Å². The van der Waals surface area contributed by atoms with Gasteiger partial charge in [-0.15, -0.1) is 0 Å². The Morgan fingerprint density at radius 1 is 1.33 bits per heavy atom. The highest BCUT2D eigenvalue weighted by Crippen LogP contribution is 2.31. The molecule has 1 unspecified atom stereocenters. The summed E-state index contributed by atoms with van der Waals surface area (Å²) in [6, 6.07) is 11.3. The van der Waals surface area contributed by atoms with Gasteiger partial charge in [-0.3, -0.25) is 9.78 Å². The Labute approximate surface area is 123 Å². The van der Waals surface area contributed by atoms with Crippen LogP contribution < -0.4 is 15.8 Å². The van der Waals surface area contributed by atoms with Gasteiger partial charge in [0, 0.05) is 17.7 Å². The maximum Gasteiger partial charge on any atom is 0.226 e. The van der Waals surface area contributed by atoms with Gasteiger partial charge in [0.05, 0.1) is 31.0 Å². The second-order valence-corrected chi connectivity index (χ2v) is 5.05. The molecule has 0 saturated heterocycles. The molecule has 0 fully saturated rings. The molecule has 1 atom stereocenters. The summed E-state index contributed by atoms with van der Waals surface area (Å²) >= 11 is 0. The van der Waals surface area contributed by atoms with Crippen molar-refractivity contribution in [1.82, 2.24) is 10.3 Å². The summed E-state index contributed by atoms with van der Waals surface area (Å²) in [6.07, 6.45) is 2.59. The van der Waals surface area contributed by atoms with Gasteiger partial charge in [0.15, 0.2) is 0 Å². The van der Waals surface area contributed by atoms with Crippen LogP contribution in [0.3, 0.4) is 0 Å². The van der Waals surface area contributed by atoms with Crippen LogP contribution >= 0.6 is 0 Å². The highest BCUT2D eigenvalue weighted by Gasteiger charge is 2.22. The summed E-state index contributed by atoms with van der Waals surface area (Å²) in [4.78, 5) is 16.3. The molecule has 1 aliphatic rings. The van der Waals surface area contributed by atoms with Gasteiger partial charge < -0.3 is 15.8 Å². The maximum absolute atomic E-state index is 12.2. The molecule has 5 nitrogen and oxygen atoms in total. The van der Waals surface area contributed by atoms with E-state index in [2.05, 4.69) is 10.3 Å². The number of fused-ring (bicyclic) bond motifs is 1. The van der Waals surface area contributed by atoms with Crippen LogP contribution in [-0.4, -0.2) is 17.5 Å². The van der Waals surface area contributed by atoms with Crippen molar-refractivity contribution in [3.05, 3.63) is 53.9 Å². The molecule has 1 aromatic carbocycles. The van der Waals surface area contributed by atoms with Crippen LogP contribution in [0, 0.1) is 0 Å². The van der Waals surface area contributed by atoms with Crippen molar-refractivity contribution in [3.8, 4) is 5.75 Å². The SMILES string of the molecule is Nc1ccc(CC(=O)NC2CCOc3ccccc32)nc1. The number of nitrogens with two attached hydrogens (primary N) is 1. The zero-order valence-electron chi connectivity index (χ0n) is 11.6. The van der Waals surface area contributed by atoms with E-state index in [-0.39, 0.29) is 18.4 Å². The molecule has 108 valence electrons. The lowest BCUT2D eigenvalue weighted by Gasteiger charge is -2.26. The highest BCUT2D eigenvalue weighted by atomic mass is 16.5. The number of anilines is 1. The van der Waals surface area contributed by atoms with E-state index in [1.807, 2.05) is 24.3 Å². The number of hydrogen-bond donors (Lipinski definition) is 2. The summed E-state index contributed by atoms with van der Waals surface area (Å²) in [6.45, 7) is 0.613. The van der Waals surface area contributed by atoms with Gasteiger partial charge in [0.1, 0.15) is 5.75 Å².